The smallest absolute Gasteiger partial charge is 0.410 e. The average molecular weight is 392 g/mol. The van der Waals surface area contributed by atoms with Crippen LogP contribution in [0.4, 0.5) is 10.5 Å². The highest BCUT2D eigenvalue weighted by atomic mass is 16.6. The predicted molar refractivity (Wildman–Crippen MR) is 116 cm³/mol. The van der Waals surface area contributed by atoms with Crippen LogP contribution in [0.3, 0.4) is 0 Å². The molecule has 2 aromatic rings. The maximum absolute atomic E-state index is 12.6. The number of rotatable bonds is 4. The highest BCUT2D eigenvalue weighted by Crippen LogP contribution is 2.37. The summed E-state index contributed by atoms with van der Waals surface area (Å²) in [4.78, 5) is 16.7. The lowest BCUT2D eigenvalue weighted by Gasteiger charge is -2.24. The molecule has 1 amide bonds. The number of ether oxygens (including phenoxy) is 1. The zero-order valence-electron chi connectivity index (χ0n) is 18.0. The van der Waals surface area contributed by atoms with Crippen LogP contribution >= 0.6 is 0 Å². The van der Waals surface area contributed by atoms with Gasteiger partial charge in [0.1, 0.15) is 5.60 Å². The highest BCUT2D eigenvalue weighted by Gasteiger charge is 2.30. The van der Waals surface area contributed by atoms with Gasteiger partial charge in [0, 0.05) is 25.3 Å². The quantitative estimate of drug-likeness (QED) is 0.707. The minimum absolute atomic E-state index is 0.288. The van der Waals surface area contributed by atoms with Crippen LogP contribution in [0.25, 0.3) is 11.1 Å². The maximum Gasteiger partial charge on any atom is 0.410 e. The summed E-state index contributed by atoms with van der Waals surface area (Å²) in [6.07, 6.45) is -0.288. The van der Waals surface area contributed by atoms with Gasteiger partial charge in [-0.2, -0.15) is 5.26 Å². The van der Waals surface area contributed by atoms with E-state index >= 15 is 0 Å². The average Bonchev–Trinajstić information content (AvgIpc) is 3.12. The number of hydrogen-bond acceptors (Lipinski definition) is 4. The first-order valence-corrected chi connectivity index (χ1v) is 10.1. The van der Waals surface area contributed by atoms with Crippen molar-refractivity contribution in [3.8, 4) is 17.2 Å². The third kappa shape index (κ3) is 4.54. The van der Waals surface area contributed by atoms with Crippen molar-refractivity contribution in [3.63, 3.8) is 0 Å². The molecule has 0 fully saturated rings. The minimum Gasteiger partial charge on any atom is -0.444 e. The topological polar surface area (TPSA) is 56.6 Å². The Hall–Kier alpha value is -3.00. The summed E-state index contributed by atoms with van der Waals surface area (Å²) in [5.74, 6) is 0. The van der Waals surface area contributed by atoms with Gasteiger partial charge in [-0.3, -0.25) is 4.90 Å². The molecule has 5 nitrogen and oxygen atoms in total. The largest absolute Gasteiger partial charge is 0.444 e. The fourth-order valence-corrected chi connectivity index (χ4v) is 3.70. The van der Waals surface area contributed by atoms with Crippen molar-refractivity contribution in [2.75, 3.05) is 18.0 Å². The van der Waals surface area contributed by atoms with Gasteiger partial charge in [-0.05, 0) is 81.1 Å². The second kappa shape index (κ2) is 8.16. The zero-order chi connectivity index (χ0) is 21.2. The van der Waals surface area contributed by atoms with Gasteiger partial charge in [0.15, 0.2) is 0 Å². The summed E-state index contributed by atoms with van der Waals surface area (Å²) in [7, 11) is 0. The van der Waals surface area contributed by atoms with Gasteiger partial charge in [-0.1, -0.05) is 12.1 Å². The van der Waals surface area contributed by atoms with Crippen LogP contribution in [0.15, 0.2) is 36.4 Å². The van der Waals surface area contributed by atoms with E-state index in [0.717, 1.165) is 41.0 Å². The number of fused-ring (bicyclic) bond motifs is 1. The van der Waals surface area contributed by atoms with E-state index in [1.165, 1.54) is 0 Å². The molecule has 0 spiro atoms. The molecule has 0 aliphatic carbocycles. The van der Waals surface area contributed by atoms with E-state index < -0.39 is 5.60 Å². The minimum atomic E-state index is -0.520. The summed E-state index contributed by atoms with van der Waals surface area (Å²) in [5, 5.41) is 9.11. The maximum atomic E-state index is 12.6. The van der Waals surface area contributed by atoms with Crippen molar-refractivity contribution in [2.45, 2.75) is 53.3 Å². The number of carbonyl (C=O) groups excluding carboxylic acids is 1. The standard InChI is InChI=1S/C24H29N3O2/c1-6-26(7-2)20-12-19-15-27(23(28)29-24(3,4)5)16-22(19)21(13-20)18-10-8-17(14-25)9-11-18/h8-13H,6-7,15-16H2,1-5H3. The van der Waals surface area contributed by atoms with E-state index in [0.29, 0.717) is 18.7 Å². The third-order valence-electron chi connectivity index (χ3n) is 5.14. The number of nitrogens with zero attached hydrogens (tertiary/aromatic N) is 3. The van der Waals surface area contributed by atoms with E-state index in [2.05, 4.69) is 36.9 Å². The molecule has 0 bridgehead atoms. The predicted octanol–water partition coefficient (Wildman–Crippen LogP) is 5.32. The van der Waals surface area contributed by atoms with E-state index in [1.54, 1.807) is 4.90 Å². The first kappa shape index (κ1) is 20.7. The second-order valence-corrected chi connectivity index (χ2v) is 8.33. The zero-order valence-corrected chi connectivity index (χ0v) is 18.0. The Morgan fingerprint density at radius 3 is 2.34 bits per heavy atom. The Morgan fingerprint density at radius 1 is 1.14 bits per heavy atom. The molecule has 0 N–H and O–H groups in total. The van der Waals surface area contributed by atoms with Gasteiger partial charge in [0.05, 0.1) is 18.2 Å². The molecule has 0 saturated carbocycles. The Balaban J connectivity index is 2.03. The van der Waals surface area contributed by atoms with Gasteiger partial charge >= 0.3 is 6.09 Å². The molecule has 1 aliphatic heterocycles. The number of carbonyl (C=O) groups is 1. The van der Waals surface area contributed by atoms with Crippen LogP contribution in [0.5, 0.6) is 0 Å². The lowest BCUT2D eigenvalue weighted by molar-refractivity contribution is 0.0242. The molecule has 152 valence electrons. The van der Waals surface area contributed by atoms with E-state index in [9.17, 15) is 4.79 Å². The number of hydrogen-bond donors (Lipinski definition) is 0. The number of nitriles is 1. The van der Waals surface area contributed by atoms with Crippen molar-refractivity contribution in [1.82, 2.24) is 4.90 Å². The Kier molecular flexibility index (Phi) is 5.83. The Labute approximate surface area is 173 Å². The fraction of sp³-hybridized carbons (Fsp3) is 0.417. The van der Waals surface area contributed by atoms with Gasteiger partial charge in [-0.15, -0.1) is 0 Å². The molecule has 0 unspecified atom stereocenters. The molecule has 3 rings (SSSR count). The summed E-state index contributed by atoms with van der Waals surface area (Å²) in [6.45, 7) is 12.8. The number of anilines is 1. The molecule has 1 aliphatic rings. The van der Waals surface area contributed by atoms with Crippen LogP contribution in [-0.4, -0.2) is 29.7 Å². The van der Waals surface area contributed by atoms with Gasteiger partial charge in [0.25, 0.3) is 0 Å². The molecule has 0 atom stereocenters. The van der Waals surface area contributed by atoms with Crippen molar-refractivity contribution < 1.29 is 9.53 Å². The fourth-order valence-electron chi connectivity index (χ4n) is 3.70. The molecule has 5 heteroatoms. The van der Waals surface area contributed by atoms with Crippen LogP contribution in [0, 0.1) is 11.3 Å². The van der Waals surface area contributed by atoms with Gasteiger partial charge in [0.2, 0.25) is 0 Å². The van der Waals surface area contributed by atoms with Crippen molar-refractivity contribution in [1.29, 1.82) is 5.26 Å². The Morgan fingerprint density at radius 2 is 1.79 bits per heavy atom. The van der Waals surface area contributed by atoms with Crippen LogP contribution in [0.1, 0.15) is 51.3 Å². The summed E-state index contributed by atoms with van der Waals surface area (Å²) < 4.78 is 5.59. The van der Waals surface area contributed by atoms with Crippen molar-refractivity contribution >= 4 is 11.8 Å². The van der Waals surface area contributed by atoms with Gasteiger partial charge < -0.3 is 9.64 Å². The molecule has 0 radical (unpaired) electrons. The van der Waals surface area contributed by atoms with Crippen molar-refractivity contribution in [2.24, 2.45) is 0 Å². The summed E-state index contributed by atoms with van der Waals surface area (Å²) >= 11 is 0. The van der Waals surface area contributed by atoms with Crippen molar-refractivity contribution in [3.05, 3.63) is 53.1 Å². The molecular formula is C24H29N3O2. The summed E-state index contributed by atoms with van der Waals surface area (Å²) in [5.41, 5.74) is 5.74. The number of benzene rings is 2. The highest BCUT2D eigenvalue weighted by molar-refractivity contribution is 5.77. The van der Waals surface area contributed by atoms with Crippen LogP contribution in [0.2, 0.25) is 0 Å². The molecular weight excluding hydrogens is 362 g/mol. The SMILES string of the molecule is CCN(CC)c1cc2c(c(-c3ccc(C#N)cc3)c1)CN(C(=O)OC(C)(C)C)C2. The molecule has 1 heterocycles. The van der Waals surface area contributed by atoms with E-state index in [-0.39, 0.29) is 6.09 Å². The normalized spacial score (nSPS) is 13.0. The van der Waals surface area contributed by atoms with E-state index in [1.807, 2.05) is 45.0 Å². The summed E-state index contributed by atoms with van der Waals surface area (Å²) in [6, 6.07) is 14.2. The number of amides is 1. The van der Waals surface area contributed by atoms with Gasteiger partial charge in [-0.25, -0.2) is 4.79 Å². The monoisotopic (exact) mass is 391 g/mol. The lowest BCUT2D eigenvalue weighted by Crippen LogP contribution is -2.33. The Bertz CT molecular complexity index is 932. The first-order valence-electron chi connectivity index (χ1n) is 10.1. The van der Waals surface area contributed by atoms with Crippen LogP contribution in [-0.2, 0) is 17.8 Å². The molecule has 2 aromatic carbocycles. The van der Waals surface area contributed by atoms with Crippen LogP contribution < -0.4 is 4.90 Å². The van der Waals surface area contributed by atoms with E-state index in [4.69, 9.17) is 10.00 Å². The first-order chi connectivity index (χ1) is 13.8. The third-order valence-corrected chi connectivity index (χ3v) is 5.14. The molecule has 29 heavy (non-hydrogen) atoms. The molecule has 0 saturated heterocycles. The molecule has 0 aromatic heterocycles. The second-order valence-electron chi connectivity index (χ2n) is 8.33. The lowest BCUT2D eigenvalue weighted by atomic mass is 9.95.